The molecule has 9 heteroatoms. The van der Waals surface area contributed by atoms with Gasteiger partial charge in [-0.15, -0.1) is 10.2 Å². The summed E-state index contributed by atoms with van der Waals surface area (Å²) in [4.78, 5) is 12.2. The SMILES string of the molecule is CC(Sc1nnc(COc2ccccc2Cl)n1C)C(=O)NCc1ccco1. The Kier molecular flexibility index (Phi) is 6.41. The van der Waals surface area contributed by atoms with E-state index in [1.54, 1.807) is 29.0 Å². The largest absolute Gasteiger partial charge is 0.484 e. The Hall–Kier alpha value is -2.45. The highest BCUT2D eigenvalue weighted by atomic mass is 35.5. The number of carbonyl (C=O) groups is 1. The second-order valence-corrected chi connectivity index (χ2v) is 7.45. The minimum absolute atomic E-state index is 0.103. The Morgan fingerprint density at radius 3 is 2.89 bits per heavy atom. The molecular formula is C18H19ClN4O3S. The summed E-state index contributed by atoms with van der Waals surface area (Å²) >= 11 is 7.41. The third-order valence-electron chi connectivity index (χ3n) is 3.79. The Morgan fingerprint density at radius 1 is 1.33 bits per heavy atom. The van der Waals surface area contributed by atoms with Crippen LogP contribution >= 0.6 is 23.4 Å². The minimum Gasteiger partial charge on any atom is -0.484 e. The van der Waals surface area contributed by atoms with Crippen molar-refractivity contribution in [3.63, 3.8) is 0 Å². The van der Waals surface area contributed by atoms with Crippen LogP contribution in [0.1, 0.15) is 18.5 Å². The lowest BCUT2D eigenvalue weighted by Gasteiger charge is -2.11. The fourth-order valence-corrected chi connectivity index (χ4v) is 3.27. The maximum absolute atomic E-state index is 12.2. The lowest BCUT2D eigenvalue weighted by Crippen LogP contribution is -2.30. The molecule has 142 valence electrons. The number of halogens is 1. The third-order valence-corrected chi connectivity index (χ3v) is 5.23. The van der Waals surface area contributed by atoms with Crippen molar-refractivity contribution in [1.82, 2.24) is 20.1 Å². The summed E-state index contributed by atoms with van der Waals surface area (Å²) in [5, 5.41) is 12.0. The number of hydrogen-bond donors (Lipinski definition) is 1. The first kappa shape index (κ1) is 19.3. The molecule has 0 aliphatic rings. The summed E-state index contributed by atoms with van der Waals surface area (Å²) in [5.74, 6) is 1.83. The summed E-state index contributed by atoms with van der Waals surface area (Å²) in [6, 6.07) is 10.8. The predicted molar refractivity (Wildman–Crippen MR) is 103 cm³/mol. The van der Waals surface area contributed by atoms with Crippen LogP contribution in [-0.2, 0) is 25.0 Å². The van der Waals surface area contributed by atoms with E-state index < -0.39 is 0 Å². The summed E-state index contributed by atoms with van der Waals surface area (Å²) < 4.78 is 12.7. The van der Waals surface area contributed by atoms with Gasteiger partial charge in [-0.05, 0) is 31.2 Å². The van der Waals surface area contributed by atoms with E-state index in [-0.39, 0.29) is 17.8 Å². The number of benzene rings is 1. The van der Waals surface area contributed by atoms with Crippen molar-refractivity contribution in [2.75, 3.05) is 0 Å². The Balaban J connectivity index is 1.54. The van der Waals surface area contributed by atoms with Crippen LogP contribution in [0, 0.1) is 0 Å². The lowest BCUT2D eigenvalue weighted by molar-refractivity contribution is -0.120. The van der Waals surface area contributed by atoms with E-state index in [4.69, 9.17) is 20.8 Å². The molecule has 0 fully saturated rings. The molecular weight excluding hydrogens is 388 g/mol. The zero-order chi connectivity index (χ0) is 19.2. The molecule has 0 bridgehead atoms. The molecule has 1 unspecified atom stereocenters. The quantitative estimate of drug-likeness (QED) is 0.577. The molecule has 0 spiro atoms. The summed E-state index contributed by atoms with van der Waals surface area (Å²) in [6.07, 6.45) is 1.57. The molecule has 3 aromatic rings. The monoisotopic (exact) mass is 406 g/mol. The zero-order valence-electron chi connectivity index (χ0n) is 14.9. The number of rotatable bonds is 8. The van der Waals surface area contributed by atoms with Gasteiger partial charge in [0.15, 0.2) is 11.0 Å². The molecule has 0 aliphatic carbocycles. The molecule has 7 nitrogen and oxygen atoms in total. The van der Waals surface area contributed by atoms with Crippen LogP contribution in [0.15, 0.2) is 52.2 Å². The topological polar surface area (TPSA) is 82.2 Å². The van der Waals surface area contributed by atoms with E-state index >= 15 is 0 Å². The van der Waals surface area contributed by atoms with Crippen molar-refractivity contribution in [2.24, 2.45) is 7.05 Å². The number of nitrogens with one attached hydrogen (secondary N) is 1. The number of amides is 1. The molecule has 1 atom stereocenters. The second-order valence-electron chi connectivity index (χ2n) is 5.73. The molecule has 0 saturated carbocycles. The van der Waals surface area contributed by atoms with E-state index in [0.29, 0.717) is 34.1 Å². The maximum atomic E-state index is 12.2. The highest BCUT2D eigenvalue weighted by Gasteiger charge is 2.19. The van der Waals surface area contributed by atoms with Gasteiger partial charge in [0.05, 0.1) is 23.1 Å². The number of nitrogens with zero attached hydrogens (tertiary/aromatic N) is 3. The summed E-state index contributed by atoms with van der Waals surface area (Å²) in [6.45, 7) is 2.40. The summed E-state index contributed by atoms with van der Waals surface area (Å²) in [7, 11) is 1.83. The number of aromatic nitrogens is 3. The van der Waals surface area contributed by atoms with E-state index in [1.165, 1.54) is 11.8 Å². The Bertz CT molecular complexity index is 898. The molecule has 0 aliphatic heterocycles. The molecule has 2 aromatic heterocycles. The lowest BCUT2D eigenvalue weighted by atomic mass is 10.3. The van der Waals surface area contributed by atoms with Crippen molar-refractivity contribution in [3.05, 3.63) is 59.3 Å². The summed E-state index contributed by atoms with van der Waals surface area (Å²) in [5.41, 5.74) is 0. The zero-order valence-corrected chi connectivity index (χ0v) is 16.5. The van der Waals surface area contributed by atoms with E-state index in [0.717, 1.165) is 0 Å². The van der Waals surface area contributed by atoms with E-state index in [9.17, 15) is 4.79 Å². The van der Waals surface area contributed by atoms with Crippen LogP contribution in [-0.4, -0.2) is 25.9 Å². The van der Waals surface area contributed by atoms with Gasteiger partial charge >= 0.3 is 0 Å². The number of hydrogen-bond acceptors (Lipinski definition) is 6. The number of carbonyl (C=O) groups excluding carboxylic acids is 1. The molecule has 2 heterocycles. The van der Waals surface area contributed by atoms with Crippen LogP contribution < -0.4 is 10.1 Å². The van der Waals surface area contributed by atoms with Crippen LogP contribution in [0.2, 0.25) is 5.02 Å². The van der Waals surface area contributed by atoms with Crippen molar-refractivity contribution < 1.29 is 13.9 Å². The number of furan rings is 1. The first-order chi connectivity index (χ1) is 13.0. The van der Waals surface area contributed by atoms with E-state index in [1.807, 2.05) is 32.2 Å². The molecule has 0 saturated heterocycles. The smallest absolute Gasteiger partial charge is 0.233 e. The van der Waals surface area contributed by atoms with Crippen molar-refractivity contribution >= 4 is 29.3 Å². The van der Waals surface area contributed by atoms with Gasteiger partial charge in [0, 0.05) is 7.05 Å². The van der Waals surface area contributed by atoms with Gasteiger partial charge in [0.2, 0.25) is 5.91 Å². The first-order valence-corrected chi connectivity index (χ1v) is 9.52. The number of para-hydroxylation sites is 1. The molecule has 0 radical (unpaired) electrons. The van der Waals surface area contributed by atoms with Gasteiger partial charge in [-0.3, -0.25) is 4.79 Å². The van der Waals surface area contributed by atoms with Crippen LogP contribution in [0.25, 0.3) is 0 Å². The van der Waals surface area contributed by atoms with Crippen molar-refractivity contribution in [1.29, 1.82) is 0 Å². The average molecular weight is 407 g/mol. The molecule has 1 aromatic carbocycles. The molecule has 1 amide bonds. The van der Waals surface area contributed by atoms with Gasteiger partial charge in [-0.25, -0.2) is 0 Å². The Morgan fingerprint density at radius 2 is 2.15 bits per heavy atom. The first-order valence-electron chi connectivity index (χ1n) is 8.27. The molecule has 1 N–H and O–H groups in total. The van der Waals surface area contributed by atoms with Gasteiger partial charge in [-0.1, -0.05) is 35.5 Å². The van der Waals surface area contributed by atoms with Crippen molar-refractivity contribution in [2.45, 2.75) is 30.5 Å². The maximum Gasteiger partial charge on any atom is 0.233 e. The van der Waals surface area contributed by atoms with Gasteiger partial charge in [-0.2, -0.15) is 0 Å². The number of ether oxygens (including phenoxy) is 1. The molecule has 27 heavy (non-hydrogen) atoms. The third kappa shape index (κ3) is 5.05. The predicted octanol–water partition coefficient (Wildman–Crippen LogP) is 3.44. The van der Waals surface area contributed by atoms with Crippen LogP contribution in [0.5, 0.6) is 5.75 Å². The fraction of sp³-hybridized carbons (Fsp3) is 0.278. The second kappa shape index (κ2) is 8.96. The normalized spacial score (nSPS) is 12.0. The van der Waals surface area contributed by atoms with Crippen LogP contribution in [0.3, 0.4) is 0 Å². The minimum atomic E-state index is -0.333. The standard InChI is InChI=1S/C18H19ClN4O3S/c1-12(17(24)20-10-13-6-5-9-25-13)27-18-22-21-16(23(18)2)11-26-15-8-4-3-7-14(15)19/h3-9,12H,10-11H2,1-2H3,(H,20,24). The molecule has 3 rings (SSSR count). The average Bonchev–Trinajstić information content (AvgIpc) is 3.30. The van der Waals surface area contributed by atoms with Gasteiger partial charge in [0.25, 0.3) is 0 Å². The highest BCUT2D eigenvalue weighted by Crippen LogP contribution is 2.25. The van der Waals surface area contributed by atoms with Gasteiger partial charge in [0.1, 0.15) is 18.1 Å². The van der Waals surface area contributed by atoms with Crippen LogP contribution in [0.4, 0.5) is 0 Å². The fourth-order valence-electron chi connectivity index (χ4n) is 2.22. The Labute approximate surface area is 166 Å². The highest BCUT2D eigenvalue weighted by molar-refractivity contribution is 8.00. The van der Waals surface area contributed by atoms with Gasteiger partial charge < -0.3 is 19.0 Å². The number of thioether (sulfide) groups is 1. The van der Waals surface area contributed by atoms with Crippen molar-refractivity contribution in [3.8, 4) is 5.75 Å². The van der Waals surface area contributed by atoms with E-state index in [2.05, 4.69) is 15.5 Å².